The summed E-state index contributed by atoms with van der Waals surface area (Å²) in [6.07, 6.45) is 4.64. The van der Waals surface area contributed by atoms with E-state index >= 15 is 0 Å². The normalized spacial score (nSPS) is 13.9. The Balaban J connectivity index is 3.39. The molecular weight excluding hydrogens is 204 g/mol. The van der Waals surface area contributed by atoms with Gasteiger partial charge in [0.25, 0.3) is 0 Å². The Morgan fingerprint density at radius 1 is 1.33 bits per heavy atom. The van der Waals surface area contributed by atoms with Gasteiger partial charge in [0.1, 0.15) is 0 Å². The second-order valence-corrected chi connectivity index (χ2v) is 6.36. The van der Waals surface area contributed by atoms with E-state index in [1.54, 1.807) is 0 Å². The summed E-state index contributed by atoms with van der Waals surface area (Å²) in [7, 11) is 3.83. The molecule has 0 fully saturated rings. The van der Waals surface area contributed by atoms with E-state index in [0.29, 0.717) is 0 Å². The molecule has 0 aliphatic rings. The molecule has 0 rings (SSSR count). The van der Waals surface area contributed by atoms with E-state index in [9.17, 15) is 0 Å². The van der Waals surface area contributed by atoms with Crippen LogP contribution in [-0.2, 0) is 0 Å². The zero-order valence-electron chi connectivity index (χ0n) is 8.08. The second-order valence-electron chi connectivity index (χ2n) is 2.37. The van der Waals surface area contributed by atoms with Crippen LogP contribution < -0.4 is 0 Å². The van der Waals surface area contributed by atoms with Gasteiger partial charge in [0.05, 0.1) is 4.58 Å². The van der Waals surface area contributed by atoms with E-state index < -0.39 is 0 Å². The molecule has 0 N–H and O–H groups in total. The van der Waals surface area contributed by atoms with Crippen molar-refractivity contribution in [3.8, 4) is 0 Å². The Morgan fingerprint density at radius 3 is 2.58 bits per heavy atom. The van der Waals surface area contributed by atoms with Crippen molar-refractivity contribution in [3.05, 3.63) is 11.5 Å². The summed E-state index contributed by atoms with van der Waals surface area (Å²) in [5, 5.41) is 2.15. The van der Waals surface area contributed by atoms with Crippen LogP contribution >= 0.6 is 33.3 Å². The Labute approximate surface area is 88.7 Å². The summed E-state index contributed by atoms with van der Waals surface area (Å²) in [4.78, 5) is 0. The van der Waals surface area contributed by atoms with Gasteiger partial charge in [-0.05, 0) is 30.9 Å². The molecule has 72 valence electrons. The predicted octanol–water partition coefficient (Wildman–Crippen LogP) is 4.78. The van der Waals surface area contributed by atoms with Crippen LogP contribution in [0, 0.1) is 0 Å². The maximum absolute atomic E-state index is 2.26. The molecule has 0 aliphatic carbocycles. The van der Waals surface area contributed by atoms with Crippen LogP contribution in [0.2, 0.25) is 0 Å². The van der Waals surface area contributed by atoms with Crippen LogP contribution in [0.4, 0.5) is 0 Å². The van der Waals surface area contributed by atoms with Crippen molar-refractivity contribution in [2.24, 2.45) is 0 Å². The average Bonchev–Trinajstić information content (AvgIpc) is 2.11. The number of rotatable bonds is 7. The summed E-state index contributed by atoms with van der Waals surface area (Å²) in [6.45, 7) is 6.56. The number of hydrogen-bond donors (Lipinski definition) is 0. The summed E-state index contributed by atoms with van der Waals surface area (Å²) in [5.74, 6) is 1.29. The first-order chi connectivity index (χ1) is 5.85. The van der Waals surface area contributed by atoms with Gasteiger partial charge in [-0.2, -0.15) is 0 Å². The predicted molar refractivity (Wildman–Crippen MR) is 66.8 cm³/mol. The van der Waals surface area contributed by atoms with Crippen LogP contribution in [0.3, 0.4) is 0 Å². The van der Waals surface area contributed by atoms with Gasteiger partial charge in [0.2, 0.25) is 0 Å². The van der Waals surface area contributed by atoms with E-state index in [4.69, 9.17) is 0 Å². The molecule has 1 unspecified atom stereocenters. The maximum Gasteiger partial charge on any atom is 0.0606 e. The zero-order valence-corrected chi connectivity index (χ0v) is 10.5. The van der Waals surface area contributed by atoms with E-state index in [2.05, 4.69) is 44.0 Å². The van der Waals surface area contributed by atoms with Gasteiger partial charge >= 0.3 is 0 Å². The third-order valence-corrected chi connectivity index (χ3v) is 6.01. The quantitative estimate of drug-likeness (QED) is 0.449. The minimum atomic E-state index is 0.770. The molecule has 0 radical (unpaired) electrons. The van der Waals surface area contributed by atoms with Crippen LogP contribution in [0.15, 0.2) is 11.5 Å². The van der Waals surface area contributed by atoms with E-state index in [1.165, 1.54) is 18.6 Å². The first-order valence-corrected chi connectivity index (χ1v) is 7.72. The topological polar surface area (TPSA) is 0 Å². The highest BCUT2D eigenvalue weighted by Gasteiger charge is 2.05. The molecular formula is C9H18S3. The van der Waals surface area contributed by atoms with E-state index in [-0.39, 0.29) is 0 Å². The third-order valence-electron chi connectivity index (χ3n) is 1.20. The molecule has 0 aromatic carbocycles. The lowest BCUT2D eigenvalue weighted by Gasteiger charge is -2.10. The van der Waals surface area contributed by atoms with Crippen LogP contribution in [0.25, 0.3) is 0 Å². The average molecular weight is 222 g/mol. The molecule has 0 nitrogen and oxygen atoms in total. The largest absolute Gasteiger partial charge is 0.147 e. The highest BCUT2D eigenvalue weighted by Crippen LogP contribution is 2.36. The molecule has 0 saturated carbocycles. The monoisotopic (exact) mass is 222 g/mol. The molecule has 3 heteroatoms. The zero-order chi connectivity index (χ0) is 9.23. The van der Waals surface area contributed by atoms with Crippen molar-refractivity contribution >= 4 is 33.3 Å². The second kappa shape index (κ2) is 9.87. The van der Waals surface area contributed by atoms with Gasteiger partial charge in [-0.15, -0.1) is 11.8 Å². The van der Waals surface area contributed by atoms with Crippen molar-refractivity contribution < 1.29 is 0 Å². The molecule has 0 heterocycles. The fourth-order valence-corrected chi connectivity index (χ4v) is 4.51. The van der Waals surface area contributed by atoms with Crippen LogP contribution in [0.1, 0.15) is 33.6 Å². The molecule has 12 heavy (non-hydrogen) atoms. The van der Waals surface area contributed by atoms with Crippen molar-refractivity contribution in [1.29, 1.82) is 0 Å². The molecule has 0 bridgehead atoms. The Hall–Kier alpha value is 0.790. The van der Waals surface area contributed by atoms with Gasteiger partial charge < -0.3 is 0 Å². The Bertz CT molecular complexity index is 112. The van der Waals surface area contributed by atoms with Crippen LogP contribution in [0.5, 0.6) is 0 Å². The molecule has 0 amide bonds. The number of allylic oxidation sites excluding steroid dienone is 1. The fourth-order valence-electron chi connectivity index (χ4n) is 0.613. The summed E-state index contributed by atoms with van der Waals surface area (Å²) >= 11 is 2.08. The van der Waals surface area contributed by atoms with E-state index in [1.807, 2.05) is 21.6 Å². The minimum absolute atomic E-state index is 0.770. The molecule has 0 aromatic rings. The summed E-state index contributed by atoms with van der Waals surface area (Å²) in [5.41, 5.74) is 0. The van der Waals surface area contributed by atoms with E-state index in [0.717, 1.165) is 4.58 Å². The van der Waals surface area contributed by atoms with Gasteiger partial charge in [0.15, 0.2) is 0 Å². The summed E-state index contributed by atoms with van der Waals surface area (Å²) < 4.78 is 0.770. The lowest BCUT2D eigenvalue weighted by Crippen LogP contribution is -1.92. The Kier molecular flexibility index (Phi) is 10.5. The van der Waals surface area contributed by atoms with Crippen molar-refractivity contribution in [2.45, 2.75) is 38.2 Å². The number of hydrogen-bond acceptors (Lipinski definition) is 3. The molecule has 0 spiro atoms. The van der Waals surface area contributed by atoms with Gasteiger partial charge in [0, 0.05) is 0 Å². The molecule has 0 aromatic heterocycles. The summed E-state index contributed by atoms with van der Waals surface area (Å²) in [6, 6.07) is 0. The van der Waals surface area contributed by atoms with Crippen molar-refractivity contribution in [2.75, 3.05) is 5.75 Å². The lowest BCUT2D eigenvalue weighted by atomic mass is 10.6. The highest BCUT2D eigenvalue weighted by atomic mass is 33.1. The first-order valence-electron chi connectivity index (χ1n) is 4.40. The molecule has 0 saturated heterocycles. The molecule has 0 aliphatic heterocycles. The highest BCUT2D eigenvalue weighted by molar-refractivity contribution is 8.79. The van der Waals surface area contributed by atoms with Gasteiger partial charge in [-0.3, -0.25) is 0 Å². The van der Waals surface area contributed by atoms with Crippen molar-refractivity contribution in [3.63, 3.8) is 0 Å². The molecule has 1 atom stereocenters. The minimum Gasteiger partial charge on any atom is -0.147 e. The van der Waals surface area contributed by atoms with Gasteiger partial charge in [-0.1, -0.05) is 41.5 Å². The SMILES string of the molecule is C/C=C/SSC(CC)SCCC. The number of thioether (sulfide) groups is 1. The first kappa shape index (κ1) is 12.8. The van der Waals surface area contributed by atoms with Crippen molar-refractivity contribution in [1.82, 2.24) is 0 Å². The lowest BCUT2D eigenvalue weighted by molar-refractivity contribution is 1.04. The smallest absolute Gasteiger partial charge is 0.0606 e. The van der Waals surface area contributed by atoms with Gasteiger partial charge in [-0.25, -0.2) is 0 Å². The van der Waals surface area contributed by atoms with Crippen LogP contribution in [-0.4, -0.2) is 10.3 Å². The maximum atomic E-state index is 2.26. The standard InChI is InChI=1S/C9H18S3/c1-4-7-10-9(6-3)12-11-8-5-2/h5,8-9H,4,6-7H2,1-3H3/b8-5+. The third kappa shape index (κ3) is 7.44. The fraction of sp³-hybridized carbons (Fsp3) is 0.778. The Morgan fingerprint density at radius 2 is 2.08 bits per heavy atom.